The highest BCUT2D eigenvalue weighted by Crippen LogP contribution is 2.31. The Hall–Kier alpha value is -1.82. The number of hydrogen-bond acceptors (Lipinski definition) is 5. The zero-order valence-electron chi connectivity index (χ0n) is 11.6. The normalized spacial score (nSPS) is 10.2. The van der Waals surface area contributed by atoms with Gasteiger partial charge in [-0.3, -0.25) is 0 Å². The summed E-state index contributed by atoms with van der Waals surface area (Å²) in [5, 5.41) is 3.23. The SMILES string of the molecule is CCc1nc(Br)cc(Nc2cc(OC)ccc2OC)n1. The molecular formula is C14H16BrN3O2. The van der Waals surface area contributed by atoms with Gasteiger partial charge in [0.05, 0.1) is 19.9 Å². The summed E-state index contributed by atoms with van der Waals surface area (Å²) in [7, 11) is 3.25. The topological polar surface area (TPSA) is 56.3 Å². The van der Waals surface area contributed by atoms with Gasteiger partial charge >= 0.3 is 0 Å². The predicted molar refractivity (Wildman–Crippen MR) is 81.9 cm³/mol. The smallest absolute Gasteiger partial charge is 0.142 e. The van der Waals surface area contributed by atoms with E-state index in [-0.39, 0.29) is 0 Å². The maximum atomic E-state index is 5.33. The minimum Gasteiger partial charge on any atom is -0.497 e. The van der Waals surface area contributed by atoms with Crippen LogP contribution in [0.2, 0.25) is 0 Å². The highest BCUT2D eigenvalue weighted by Gasteiger charge is 2.08. The Morgan fingerprint density at radius 3 is 2.60 bits per heavy atom. The van der Waals surface area contributed by atoms with Crippen molar-refractivity contribution in [2.45, 2.75) is 13.3 Å². The van der Waals surface area contributed by atoms with Crippen LogP contribution in [0.25, 0.3) is 0 Å². The summed E-state index contributed by atoms with van der Waals surface area (Å²) in [6, 6.07) is 7.37. The van der Waals surface area contributed by atoms with Crippen molar-refractivity contribution in [1.29, 1.82) is 0 Å². The molecule has 0 atom stereocenters. The number of rotatable bonds is 5. The van der Waals surface area contributed by atoms with E-state index in [0.29, 0.717) is 5.82 Å². The fraction of sp³-hybridized carbons (Fsp3) is 0.286. The van der Waals surface area contributed by atoms with Crippen LogP contribution in [0.4, 0.5) is 11.5 Å². The number of methoxy groups -OCH3 is 2. The van der Waals surface area contributed by atoms with Crippen LogP contribution < -0.4 is 14.8 Å². The van der Waals surface area contributed by atoms with Crippen molar-refractivity contribution >= 4 is 27.4 Å². The molecule has 0 fully saturated rings. The molecule has 0 radical (unpaired) electrons. The molecule has 2 aromatic rings. The van der Waals surface area contributed by atoms with Crippen LogP contribution in [-0.4, -0.2) is 24.2 Å². The maximum absolute atomic E-state index is 5.33. The molecule has 1 heterocycles. The minimum absolute atomic E-state index is 0.704. The fourth-order valence-electron chi connectivity index (χ4n) is 1.74. The standard InChI is InChI=1S/C14H16BrN3O2/c1-4-13-17-12(15)8-14(18-13)16-10-7-9(19-2)5-6-11(10)20-3/h5-8H,4H2,1-3H3,(H,16,17,18). The molecule has 0 bridgehead atoms. The van der Waals surface area contributed by atoms with E-state index in [1.54, 1.807) is 14.2 Å². The first-order valence-electron chi connectivity index (χ1n) is 6.18. The molecule has 6 heteroatoms. The molecule has 106 valence electrons. The quantitative estimate of drug-likeness (QED) is 0.845. The van der Waals surface area contributed by atoms with Crippen LogP contribution in [0.1, 0.15) is 12.7 Å². The largest absolute Gasteiger partial charge is 0.497 e. The number of anilines is 2. The number of nitrogens with zero attached hydrogens (tertiary/aromatic N) is 2. The molecule has 2 rings (SSSR count). The van der Waals surface area contributed by atoms with E-state index in [4.69, 9.17) is 9.47 Å². The Bertz CT molecular complexity index is 605. The van der Waals surface area contributed by atoms with Crippen molar-refractivity contribution < 1.29 is 9.47 Å². The molecule has 0 unspecified atom stereocenters. The molecule has 1 aromatic heterocycles. The average molecular weight is 338 g/mol. The Morgan fingerprint density at radius 1 is 1.15 bits per heavy atom. The molecule has 0 amide bonds. The van der Waals surface area contributed by atoms with Gasteiger partial charge in [0.2, 0.25) is 0 Å². The molecule has 20 heavy (non-hydrogen) atoms. The lowest BCUT2D eigenvalue weighted by molar-refractivity contribution is 0.405. The Labute approximate surface area is 126 Å². The number of nitrogens with one attached hydrogen (secondary N) is 1. The first-order chi connectivity index (χ1) is 9.66. The molecule has 0 aliphatic rings. The zero-order valence-corrected chi connectivity index (χ0v) is 13.2. The first-order valence-corrected chi connectivity index (χ1v) is 6.98. The number of aryl methyl sites for hydroxylation is 1. The number of halogens is 1. The second-order valence-electron chi connectivity index (χ2n) is 4.04. The molecular weight excluding hydrogens is 322 g/mol. The van der Waals surface area contributed by atoms with Gasteiger partial charge in [0.15, 0.2) is 0 Å². The third-order valence-corrected chi connectivity index (χ3v) is 3.13. The van der Waals surface area contributed by atoms with E-state index in [1.807, 2.05) is 31.2 Å². The molecule has 0 aliphatic carbocycles. The van der Waals surface area contributed by atoms with E-state index >= 15 is 0 Å². The Kier molecular flexibility index (Phi) is 4.79. The summed E-state index contributed by atoms with van der Waals surface area (Å²) < 4.78 is 11.3. The van der Waals surface area contributed by atoms with Crippen LogP contribution in [-0.2, 0) is 6.42 Å². The van der Waals surface area contributed by atoms with E-state index in [9.17, 15) is 0 Å². The fourth-order valence-corrected chi connectivity index (χ4v) is 2.16. The Balaban J connectivity index is 2.35. The second kappa shape index (κ2) is 6.56. The number of ether oxygens (including phenoxy) is 2. The van der Waals surface area contributed by atoms with Gasteiger partial charge in [0, 0.05) is 18.6 Å². The van der Waals surface area contributed by atoms with Gasteiger partial charge in [-0.1, -0.05) is 6.92 Å². The minimum atomic E-state index is 0.704. The summed E-state index contributed by atoms with van der Waals surface area (Å²) in [5.41, 5.74) is 0.791. The second-order valence-corrected chi connectivity index (χ2v) is 4.85. The van der Waals surface area contributed by atoms with Crippen molar-refractivity contribution in [1.82, 2.24) is 9.97 Å². The average Bonchev–Trinajstić information content (AvgIpc) is 2.46. The summed E-state index contributed by atoms with van der Waals surface area (Å²) in [6.07, 6.45) is 0.767. The van der Waals surface area contributed by atoms with Crippen molar-refractivity contribution in [3.63, 3.8) is 0 Å². The van der Waals surface area contributed by atoms with Gasteiger partial charge in [-0.25, -0.2) is 9.97 Å². The van der Waals surface area contributed by atoms with E-state index in [0.717, 1.165) is 34.0 Å². The molecule has 0 saturated carbocycles. The zero-order chi connectivity index (χ0) is 14.5. The van der Waals surface area contributed by atoms with Crippen LogP contribution in [0.3, 0.4) is 0 Å². The molecule has 0 spiro atoms. The van der Waals surface area contributed by atoms with Gasteiger partial charge in [-0.15, -0.1) is 0 Å². The van der Waals surface area contributed by atoms with Crippen LogP contribution in [0, 0.1) is 0 Å². The first kappa shape index (κ1) is 14.6. The van der Waals surface area contributed by atoms with Gasteiger partial charge in [0.1, 0.15) is 27.7 Å². The molecule has 1 N–H and O–H groups in total. The summed E-state index contributed by atoms with van der Waals surface area (Å²) >= 11 is 3.38. The monoisotopic (exact) mass is 337 g/mol. The van der Waals surface area contributed by atoms with Gasteiger partial charge in [0.25, 0.3) is 0 Å². The van der Waals surface area contributed by atoms with E-state index < -0.39 is 0 Å². The highest BCUT2D eigenvalue weighted by molar-refractivity contribution is 9.10. The lowest BCUT2D eigenvalue weighted by Gasteiger charge is -2.12. The lowest BCUT2D eigenvalue weighted by Crippen LogP contribution is -2.01. The summed E-state index contributed by atoms with van der Waals surface area (Å²) in [4.78, 5) is 8.71. The van der Waals surface area contributed by atoms with Crippen LogP contribution >= 0.6 is 15.9 Å². The van der Waals surface area contributed by atoms with Crippen molar-refractivity contribution in [3.05, 3.63) is 34.7 Å². The van der Waals surface area contributed by atoms with Crippen molar-refractivity contribution in [2.75, 3.05) is 19.5 Å². The molecule has 0 saturated heterocycles. The van der Waals surface area contributed by atoms with Gasteiger partial charge in [-0.05, 0) is 28.1 Å². The maximum Gasteiger partial charge on any atom is 0.142 e. The number of hydrogen-bond donors (Lipinski definition) is 1. The van der Waals surface area contributed by atoms with Gasteiger partial charge < -0.3 is 14.8 Å². The molecule has 5 nitrogen and oxygen atoms in total. The molecule has 1 aromatic carbocycles. The van der Waals surface area contributed by atoms with E-state index in [1.165, 1.54) is 0 Å². The highest BCUT2D eigenvalue weighted by atomic mass is 79.9. The Morgan fingerprint density at radius 2 is 1.95 bits per heavy atom. The number of aromatic nitrogens is 2. The number of benzene rings is 1. The summed E-state index contributed by atoms with van der Waals surface area (Å²) in [5.74, 6) is 2.94. The van der Waals surface area contributed by atoms with Crippen molar-refractivity contribution in [2.24, 2.45) is 0 Å². The van der Waals surface area contributed by atoms with Crippen LogP contribution in [0.5, 0.6) is 11.5 Å². The lowest BCUT2D eigenvalue weighted by atomic mass is 10.2. The third kappa shape index (κ3) is 3.39. The van der Waals surface area contributed by atoms with Crippen molar-refractivity contribution in [3.8, 4) is 11.5 Å². The van der Waals surface area contributed by atoms with Gasteiger partial charge in [-0.2, -0.15) is 0 Å². The van der Waals surface area contributed by atoms with Crippen LogP contribution in [0.15, 0.2) is 28.9 Å². The summed E-state index contributed by atoms with van der Waals surface area (Å²) in [6.45, 7) is 2.01. The molecule has 0 aliphatic heterocycles. The third-order valence-electron chi connectivity index (χ3n) is 2.73. The van der Waals surface area contributed by atoms with E-state index in [2.05, 4.69) is 31.2 Å². The predicted octanol–water partition coefficient (Wildman–Crippen LogP) is 3.56.